The normalized spacial score (nSPS) is 13.8. The lowest BCUT2D eigenvalue weighted by Crippen LogP contribution is -2.45. The highest BCUT2D eigenvalue weighted by Gasteiger charge is 2.31. The van der Waals surface area contributed by atoms with Crippen molar-refractivity contribution in [2.45, 2.75) is 26.1 Å². The van der Waals surface area contributed by atoms with Gasteiger partial charge in [0.1, 0.15) is 0 Å². The molecule has 0 aliphatic carbocycles. The molecule has 0 saturated carbocycles. The SMILES string of the molecule is CC(C)C(CN)N(C)C(=O)OCC(F)(F)F. The fourth-order valence-electron chi connectivity index (χ4n) is 1.26. The molecule has 0 aromatic heterocycles. The lowest BCUT2D eigenvalue weighted by molar-refractivity contribution is -0.162. The number of rotatable bonds is 4. The molecule has 1 amide bonds. The minimum atomic E-state index is -4.51. The molecule has 0 aliphatic heterocycles. The quantitative estimate of drug-likeness (QED) is 0.814. The third-order valence-corrected chi connectivity index (χ3v) is 2.16. The zero-order valence-electron chi connectivity index (χ0n) is 9.54. The fraction of sp³-hybridized carbons (Fsp3) is 0.889. The van der Waals surface area contributed by atoms with Crippen LogP contribution in [0.25, 0.3) is 0 Å². The van der Waals surface area contributed by atoms with Gasteiger partial charge in [0.2, 0.25) is 0 Å². The highest BCUT2D eigenvalue weighted by molar-refractivity contribution is 5.67. The summed E-state index contributed by atoms with van der Waals surface area (Å²) in [5, 5.41) is 0. The van der Waals surface area contributed by atoms with Crippen LogP contribution in [-0.4, -0.2) is 43.4 Å². The Morgan fingerprint density at radius 2 is 1.94 bits per heavy atom. The molecule has 0 radical (unpaired) electrons. The number of nitrogens with zero attached hydrogens (tertiary/aromatic N) is 1. The summed E-state index contributed by atoms with van der Waals surface area (Å²) >= 11 is 0. The summed E-state index contributed by atoms with van der Waals surface area (Å²) in [6.07, 6.45) is -5.52. The maximum absolute atomic E-state index is 11.8. The van der Waals surface area contributed by atoms with Crippen LogP contribution in [0.4, 0.5) is 18.0 Å². The number of likely N-dealkylation sites (N-methyl/N-ethyl adjacent to an activating group) is 1. The van der Waals surface area contributed by atoms with Crippen molar-refractivity contribution in [2.75, 3.05) is 20.2 Å². The number of amides is 1. The van der Waals surface area contributed by atoms with Crippen molar-refractivity contribution >= 4 is 6.09 Å². The van der Waals surface area contributed by atoms with Crippen molar-refractivity contribution in [2.24, 2.45) is 11.7 Å². The summed E-state index contributed by atoms with van der Waals surface area (Å²) in [4.78, 5) is 12.3. The zero-order valence-corrected chi connectivity index (χ0v) is 9.54. The predicted octanol–water partition coefficient (Wildman–Crippen LogP) is 1.60. The second-order valence-electron chi connectivity index (χ2n) is 3.83. The molecule has 0 aromatic rings. The largest absolute Gasteiger partial charge is 0.440 e. The molecule has 1 unspecified atom stereocenters. The molecule has 0 heterocycles. The number of ether oxygens (including phenoxy) is 1. The van der Waals surface area contributed by atoms with Crippen molar-refractivity contribution in [1.29, 1.82) is 0 Å². The second kappa shape index (κ2) is 5.93. The van der Waals surface area contributed by atoms with Crippen LogP contribution in [0, 0.1) is 5.92 Å². The third kappa shape index (κ3) is 5.20. The number of carbonyl (C=O) groups excluding carboxylic acids is 1. The molecule has 16 heavy (non-hydrogen) atoms. The van der Waals surface area contributed by atoms with Crippen LogP contribution >= 0.6 is 0 Å². The first-order valence-electron chi connectivity index (χ1n) is 4.85. The Hall–Kier alpha value is -0.980. The van der Waals surface area contributed by atoms with Gasteiger partial charge >= 0.3 is 12.3 Å². The van der Waals surface area contributed by atoms with E-state index >= 15 is 0 Å². The smallest absolute Gasteiger partial charge is 0.422 e. The molecular weight excluding hydrogens is 225 g/mol. The van der Waals surface area contributed by atoms with Crippen molar-refractivity contribution in [3.63, 3.8) is 0 Å². The van der Waals surface area contributed by atoms with Crippen molar-refractivity contribution in [3.05, 3.63) is 0 Å². The van der Waals surface area contributed by atoms with Crippen molar-refractivity contribution in [1.82, 2.24) is 4.90 Å². The summed E-state index contributed by atoms with van der Waals surface area (Å²) in [7, 11) is 1.37. The van der Waals surface area contributed by atoms with E-state index in [4.69, 9.17) is 5.73 Å². The van der Waals surface area contributed by atoms with Gasteiger partial charge in [-0.15, -0.1) is 0 Å². The predicted molar refractivity (Wildman–Crippen MR) is 52.8 cm³/mol. The Kier molecular flexibility index (Phi) is 5.57. The van der Waals surface area contributed by atoms with E-state index in [0.717, 1.165) is 4.90 Å². The van der Waals surface area contributed by atoms with Crippen LogP contribution in [0.15, 0.2) is 0 Å². The zero-order chi connectivity index (χ0) is 12.9. The van der Waals surface area contributed by atoms with E-state index in [-0.39, 0.29) is 18.5 Å². The summed E-state index contributed by atoms with van der Waals surface area (Å²) in [5.41, 5.74) is 5.42. The third-order valence-electron chi connectivity index (χ3n) is 2.16. The molecule has 96 valence electrons. The van der Waals surface area contributed by atoms with E-state index in [2.05, 4.69) is 4.74 Å². The molecule has 2 N–H and O–H groups in total. The molecule has 0 spiro atoms. The van der Waals surface area contributed by atoms with Gasteiger partial charge in [0, 0.05) is 19.6 Å². The van der Waals surface area contributed by atoms with Crippen LogP contribution in [0.5, 0.6) is 0 Å². The van der Waals surface area contributed by atoms with Crippen LogP contribution in [0.1, 0.15) is 13.8 Å². The summed E-state index contributed by atoms with van der Waals surface area (Å²) in [5.74, 6) is 0.0495. The topological polar surface area (TPSA) is 55.6 Å². The molecule has 1 atom stereocenters. The number of hydrogen-bond acceptors (Lipinski definition) is 3. The first-order chi connectivity index (χ1) is 7.19. The summed E-state index contributed by atoms with van der Waals surface area (Å²) in [6.45, 7) is 2.25. The van der Waals surface area contributed by atoms with E-state index in [1.54, 1.807) is 0 Å². The van der Waals surface area contributed by atoms with E-state index in [1.165, 1.54) is 7.05 Å². The molecule has 4 nitrogen and oxygen atoms in total. The Balaban J connectivity index is 4.27. The van der Waals surface area contributed by atoms with Crippen LogP contribution in [-0.2, 0) is 4.74 Å². The van der Waals surface area contributed by atoms with Crippen molar-refractivity contribution < 1.29 is 22.7 Å². The molecule has 0 fully saturated rings. The molecule has 0 saturated heterocycles. The second-order valence-corrected chi connectivity index (χ2v) is 3.83. The highest BCUT2D eigenvalue weighted by Crippen LogP contribution is 2.16. The van der Waals surface area contributed by atoms with Gasteiger partial charge in [0.05, 0.1) is 0 Å². The van der Waals surface area contributed by atoms with E-state index in [0.29, 0.717) is 0 Å². The number of alkyl halides is 3. The molecule has 0 bridgehead atoms. The van der Waals surface area contributed by atoms with Crippen molar-refractivity contribution in [3.8, 4) is 0 Å². The average Bonchev–Trinajstić information content (AvgIpc) is 2.13. The maximum atomic E-state index is 11.8. The Morgan fingerprint density at radius 1 is 1.44 bits per heavy atom. The highest BCUT2D eigenvalue weighted by atomic mass is 19.4. The van der Waals surface area contributed by atoms with Gasteiger partial charge < -0.3 is 15.4 Å². The van der Waals surface area contributed by atoms with Gasteiger partial charge in [-0.3, -0.25) is 0 Å². The fourth-order valence-corrected chi connectivity index (χ4v) is 1.26. The molecule has 0 aliphatic rings. The first-order valence-corrected chi connectivity index (χ1v) is 4.85. The Bertz CT molecular complexity index is 231. The molecule has 0 aromatic carbocycles. The summed E-state index contributed by atoms with van der Waals surface area (Å²) in [6, 6.07) is -0.333. The summed E-state index contributed by atoms with van der Waals surface area (Å²) < 4.78 is 39.5. The Morgan fingerprint density at radius 3 is 2.25 bits per heavy atom. The molecule has 7 heteroatoms. The average molecular weight is 242 g/mol. The molecular formula is C9H17F3N2O2. The number of hydrogen-bond donors (Lipinski definition) is 1. The standard InChI is InChI=1S/C9H17F3N2O2/c1-6(2)7(4-13)14(3)8(15)16-5-9(10,11)12/h6-7H,4-5,13H2,1-3H3. The lowest BCUT2D eigenvalue weighted by Gasteiger charge is -2.29. The van der Waals surface area contributed by atoms with Crippen LogP contribution < -0.4 is 5.73 Å². The monoisotopic (exact) mass is 242 g/mol. The lowest BCUT2D eigenvalue weighted by atomic mass is 10.0. The van der Waals surface area contributed by atoms with E-state index in [1.807, 2.05) is 13.8 Å². The number of halogens is 3. The number of nitrogens with two attached hydrogens (primary N) is 1. The first kappa shape index (κ1) is 15.0. The van der Waals surface area contributed by atoms with Gasteiger partial charge in [-0.1, -0.05) is 13.8 Å². The minimum absolute atomic E-state index is 0.0495. The van der Waals surface area contributed by atoms with Crippen LogP contribution in [0.2, 0.25) is 0 Å². The van der Waals surface area contributed by atoms with E-state index in [9.17, 15) is 18.0 Å². The maximum Gasteiger partial charge on any atom is 0.422 e. The van der Waals surface area contributed by atoms with Gasteiger partial charge in [-0.25, -0.2) is 4.79 Å². The van der Waals surface area contributed by atoms with Gasteiger partial charge in [0.15, 0.2) is 6.61 Å². The van der Waals surface area contributed by atoms with Gasteiger partial charge in [-0.2, -0.15) is 13.2 Å². The minimum Gasteiger partial charge on any atom is -0.440 e. The van der Waals surface area contributed by atoms with Gasteiger partial charge in [0.25, 0.3) is 0 Å². The van der Waals surface area contributed by atoms with Gasteiger partial charge in [-0.05, 0) is 5.92 Å². The Labute approximate surface area is 92.5 Å². The molecule has 0 rings (SSSR count). The van der Waals surface area contributed by atoms with E-state index < -0.39 is 18.9 Å². The van der Waals surface area contributed by atoms with Crippen LogP contribution in [0.3, 0.4) is 0 Å². The number of carbonyl (C=O) groups is 1.